The van der Waals surface area contributed by atoms with Gasteiger partial charge in [0, 0.05) is 17.8 Å². The van der Waals surface area contributed by atoms with Gasteiger partial charge < -0.3 is 5.73 Å². The molecule has 3 heteroatoms. The van der Waals surface area contributed by atoms with Crippen LogP contribution < -0.4 is 5.73 Å². The number of aromatic amines is 1. The van der Waals surface area contributed by atoms with Crippen molar-refractivity contribution in [2.24, 2.45) is 5.73 Å². The second kappa shape index (κ2) is 3.87. The van der Waals surface area contributed by atoms with Crippen molar-refractivity contribution in [3.05, 3.63) is 41.1 Å². The number of hydrogen-bond donors (Lipinski definition) is 2. The van der Waals surface area contributed by atoms with Crippen molar-refractivity contribution in [3.8, 4) is 11.3 Å². The molecule has 0 saturated heterocycles. The second-order valence-electron chi connectivity index (χ2n) is 3.73. The highest BCUT2D eigenvalue weighted by Crippen LogP contribution is 2.23. The standard InChI is InChI=1S/C12H15N3/c1-8-4-3-5-11(9(8)2)12-6-10(7-13)14-15-12/h3-6H,7,13H2,1-2H3,(H,14,15). The molecule has 1 aromatic heterocycles. The fraction of sp³-hybridized carbons (Fsp3) is 0.250. The van der Waals surface area contributed by atoms with Crippen molar-refractivity contribution in [3.63, 3.8) is 0 Å². The summed E-state index contributed by atoms with van der Waals surface area (Å²) in [6, 6.07) is 8.24. The van der Waals surface area contributed by atoms with E-state index in [0.717, 1.165) is 11.4 Å². The van der Waals surface area contributed by atoms with Gasteiger partial charge in [0.15, 0.2) is 0 Å². The Balaban J connectivity index is 2.49. The van der Waals surface area contributed by atoms with Crippen LogP contribution in [0.1, 0.15) is 16.8 Å². The molecule has 0 aliphatic heterocycles. The molecule has 0 aliphatic carbocycles. The van der Waals surface area contributed by atoms with Gasteiger partial charge in [0.05, 0.1) is 5.69 Å². The number of benzene rings is 1. The smallest absolute Gasteiger partial charge is 0.0926 e. The van der Waals surface area contributed by atoms with E-state index in [1.807, 2.05) is 6.07 Å². The lowest BCUT2D eigenvalue weighted by Crippen LogP contribution is -1.95. The van der Waals surface area contributed by atoms with Crippen molar-refractivity contribution < 1.29 is 0 Å². The highest BCUT2D eigenvalue weighted by molar-refractivity contribution is 5.65. The maximum atomic E-state index is 5.54. The van der Waals surface area contributed by atoms with E-state index in [9.17, 15) is 0 Å². The number of nitrogens with two attached hydrogens (primary N) is 1. The van der Waals surface area contributed by atoms with Gasteiger partial charge in [-0.15, -0.1) is 0 Å². The lowest BCUT2D eigenvalue weighted by atomic mass is 10.0. The maximum absolute atomic E-state index is 5.54. The van der Waals surface area contributed by atoms with Gasteiger partial charge in [0.1, 0.15) is 0 Å². The van der Waals surface area contributed by atoms with Crippen LogP contribution in [-0.4, -0.2) is 10.2 Å². The van der Waals surface area contributed by atoms with Gasteiger partial charge in [-0.3, -0.25) is 5.10 Å². The Labute approximate surface area is 89.3 Å². The molecule has 2 rings (SSSR count). The van der Waals surface area contributed by atoms with Gasteiger partial charge in [-0.05, 0) is 31.0 Å². The van der Waals surface area contributed by atoms with Gasteiger partial charge >= 0.3 is 0 Å². The summed E-state index contributed by atoms with van der Waals surface area (Å²) in [5, 5.41) is 7.18. The quantitative estimate of drug-likeness (QED) is 0.782. The molecule has 0 bridgehead atoms. The first-order chi connectivity index (χ1) is 7.22. The average molecular weight is 201 g/mol. The van der Waals surface area contributed by atoms with Crippen LogP contribution in [0.15, 0.2) is 24.3 Å². The molecule has 0 saturated carbocycles. The van der Waals surface area contributed by atoms with Gasteiger partial charge in [-0.2, -0.15) is 5.10 Å². The summed E-state index contributed by atoms with van der Waals surface area (Å²) >= 11 is 0. The topological polar surface area (TPSA) is 54.7 Å². The van der Waals surface area contributed by atoms with E-state index >= 15 is 0 Å². The normalized spacial score (nSPS) is 10.6. The summed E-state index contributed by atoms with van der Waals surface area (Å²) in [4.78, 5) is 0. The minimum atomic E-state index is 0.498. The fourth-order valence-corrected chi connectivity index (χ4v) is 1.63. The number of H-pyrrole nitrogens is 1. The Bertz CT molecular complexity index is 471. The van der Waals surface area contributed by atoms with Crippen LogP contribution in [0.2, 0.25) is 0 Å². The molecule has 0 amide bonds. The molecule has 0 atom stereocenters. The molecule has 1 aromatic carbocycles. The fourth-order valence-electron chi connectivity index (χ4n) is 1.63. The van der Waals surface area contributed by atoms with Gasteiger partial charge in [0.25, 0.3) is 0 Å². The third-order valence-corrected chi connectivity index (χ3v) is 2.73. The molecule has 15 heavy (non-hydrogen) atoms. The summed E-state index contributed by atoms with van der Waals surface area (Å²) in [5.41, 5.74) is 11.2. The summed E-state index contributed by atoms with van der Waals surface area (Å²) in [6.07, 6.45) is 0. The molecule has 3 nitrogen and oxygen atoms in total. The van der Waals surface area contributed by atoms with Crippen molar-refractivity contribution >= 4 is 0 Å². The monoisotopic (exact) mass is 201 g/mol. The molecule has 78 valence electrons. The van der Waals surface area contributed by atoms with E-state index in [-0.39, 0.29) is 0 Å². The first kappa shape index (κ1) is 9.93. The van der Waals surface area contributed by atoms with Gasteiger partial charge in [-0.1, -0.05) is 18.2 Å². The zero-order chi connectivity index (χ0) is 10.8. The highest BCUT2D eigenvalue weighted by Gasteiger charge is 2.06. The van der Waals surface area contributed by atoms with Crippen LogP contribution in [0.3, 0.4) is 0 Å². The number of aryl methyl sites for hydroxylation is 1. The number of nitrogens with one attached hydrogen (secondary N) is 1. The first-order valence-electron chi connectivity index (χ1n) is 5.03. The van der Waals surface area contributed by atoms with Crippen LogP contribution in [0.4, 0.5) is 0 Å². The maximum Gasteiger partial charge on any atom is 0.0926 e. The van der Waals surface area contributed by atoms with E-state index in [0.29, 0.717) is 6.54 Å². The molecule has 1 heterocycles. The molecule has 2 aromatic rings. The largest absolute Gasteiger partial charge is 0.325 e. The summed E-state index contributed by atoms with van der Waals surface area (Å²) in [6.45, 7) is 4.72. The van der Waals surface area contributed by atoms with Crippen LogP contribution >= 0.6 is 0 Å². The molecule has 0 fully saturated rings. The van der Waals surface area contributed by atoms with Crippen molar-refractivity contribution in [2.45, 2.75) is 20.4 Å². The number of rotatable bonds is 2. The zero-order valence-corrected chi connectivity index (χ0v) is 9.04. The molecule has 0 radical (unpaired) electrons. The Morgan fingerprint density at radius 3 is 2.80 bits per heavy atom. The lowest BCUT2D eigenvalue weighted by molar-refractivity contribution is 0.948. The molecule has 0 aliphatic rings. The van der Waals surface area contributed by atoms with E-state index in [4.69, 9.17) is 5.73 Å². The Morgan fingerprint density at radius 1 is 1.33 bits per heavy atom. The summed E-state index contributed by atoms with van der Waals surface area (Å²) in [5.74, 6) is 0. The Morgan fingerprint density at radius 2 is 2.13 bits per heavy atom. The van der Waals surface area contributed by atoms with E-state index in [1.165, 1.54) is 16.7 Å². The SMILES string of the molecule is Cc1cccc(-c2cc(CN)[nH]n2)c1C. The predicted octanol–water partition coefficient (Wildman–Crippen LogP) is 2.15. The highest BCUT2D eigenvalue weighted by atomic mass is 15.1. The summed E-state index contributed by atoms with van der Waals surface area (Å²) in [7, 11) is 0. The minimum Gasteiger partial charge on any atom is -0.325 e. The third kappa shape index (κ3) is 1.78. The van der Waals surface area contributed by atoms with Crippen LogP contribution in [-0.2, 0) is 6.54 Å². The predicted molar refractivity (Wildman–Crippen MR) is 61.4 cm³/mol. The van der Waals surface area contributed by atoms with Crippen molar-refractivity contribution in [2.75, 3.05) is 0 Å². The molecule has 0 spiro atoms. The van der Waals surface area contributed by atoms with Gasteiger partial charge in [-0.25, -0.2) is 0 Å². The van der Waals surface area contributed by atoms with Crippen LogP contribution in [0.5, 0.6) is 0 Å². The van der Waals surface area contributed by atoms with Crippen molar-refractivity contribution in [1.82, 2.24) is 10.2 Å². The van der Waals surface area contributed by atoms with Crippen LogP contribution in [0.25, 0.3) is 11.3 Å². The third-order valence-electron chi connectivity index (χ3n) is 2.73. The van der Waals surface area contributed by atoms with Gasteiger partial charge in [0.2, 0.25) is 0 Å². The van der Waals surface area contributed by atoms with Crippen molar-refractivity contribution in [1.29, 1.82) is 0 Å². The summed E-state index contributed by atoms with van der Waals surface area (Å²) < 4.78 is 0. The molecular weight excluding hydrogens is 186 g/mol. The van der Waals surface area contributed by atoms with E-state index in [1.54, 1.807) is 0 Å². The first-order valence-corrected chi connectivity index (χ1v) is 5.03. The minimum absolute atomic E-state index is 0.498. The average Bonchev–Trinajstić information content (AvgIpc) is 2.70. The number of aromatic nitrogens is 2. The number of hydrogen-bond acceptors (Lipinski definition) is 2. The second-order valence-corrected chi connectivity index (χ2v) is 3.73. The Kier molecular flexibility index (Phi) is 2.56. The van der Waals surface area contributed by atoms with Crippen LogP contribution in [0, 0.1) is 13.8 Å². The molecule has 3 N–H and O–H groups in total. The molecular formula is C12H15N3. The number of nitrogens with zero attached hydrogens (tertiary/aromatic N) is 1. The Hall–Kier alpha value is -1.61. The lowest BCUT2D eigenvalue weighted by Gasteiger charge is -2.04. The molecule has 0 unspecified atom stereocenters. The van der Waals surface area contributed by atoms with E-state index in [2.05, 4.69) is 42.2 Å². The zero-order valence-electron chi connectivity index (χ0n) is 9.04. The van der Waals surface area contributed by atoms with E-state index < -0.39 is 0 Å².